The monoisotopic (exact) mass is 473 g/mol. The second-order valence-corrected chi connectivity index (χ2v) is 8.76. The van der Waals surface area contributed by atoms with Crippen LogP contribution < -0.4 is 15.4 Å². The fraction of sp³-hybridized carbons (Fsp3) is 0.391. The minimum Gasteiger partial charge on any atom is -0.497 e. The van der Waals surface area contributed by atoms with Crippen LogP contribution in [0.5, 0.6) is 5.75 Å². The largest absolute Gasteiger partial charge is 0.497 e. The van der Waals surface area contributed by atoms with Crippen LogP contribution >= 0.6 is 11.3 Å². The molecule has 1 aliphatic heterocycles. The maximum absolute atomic E-state index is 13.1. The van der Waals surface area contributed by atoms with Crippen molar-refractivity contribution in [2.24, 2.45) is 0 Å². The molecule has 2 N–H and O–H groups in total. The maximum Gasteiger partial charge on any atom is 0.341 e. The Hall–Kier alpha value is -3.40. The third-order valence-electron chi connectivity index (χ3n) is 5.54. The number of methoxy groups -OCH3 is 1. The summed E-state index contributed by atoms with van der Waals surface area (Å²) in [7, 11) is 1.53. The Morgan fingerprint density at radius 3 is 2.42 bits per heavy atom. The standard InChI is InChI=1S/C23H27N3O6S/c1-6-16-13(3)18(20(28)32-7-2)19(33-16)24-17(27)12-26-21(29)23(4,25-22(26)30)14-8-10-15(31-5)11-9-14/h8-11H,6-7,12H2,1-5H3,(H,24,27)(H,25,30). The number of carbonyl (C=O) groups excluding carboxylic acids is 4. The number of urea groups is 1. The lowest BCUT2D eigenvalue weighted by atomic mass is 9.92. The van der Waals surface area contributed by atoms with Crippen molar-refractivity contribution in [1.29, 1.82) is 0 Å². The molecule has 1 saturated heterocycles. The lowest BCUT2D eigenvalue weighted by Crippen LogP contribution is -2.42. The van der Waals surface area contributed by atoms with Crippen LogP contribution in [0.2, 0.25) is 0 Å². The van der Waals surface area contributed by atoms with Gasteiger partial charge in [-0.05, 0) is 50.5 Å². The number of nitrogens with one attached hydrogen (secondary N) is 2. The smallest absolute Gasteiger partial charge is 0.341 e. The van der Waals surface area contributed by atoms with E-state index in [0.717, 1.165) is 15.3 Å². The zero-order valence-electron chi connectivity index (χ0n) is 19.2. The van der Waals surface area contributed by atoms with Crippen LogP contribution in [0.15, 0.2) is 24.3 Å². The van der Waals surface area contributed by atoms with Crippen molar-refractivity contribution in [2.45, 2.75) is 39.7 Å². The third-order valence-corrected chi connectivity index (χ3v) is 6.89. The Kier molecular flexibility index (Phi) is 7.06. The van der Waals surface area contributed by atoms with Gasteiger partial charge in [-0.1, -0.05) is 19.1 Å². The summed E-state index contributed by atoms with van der Waals surface area (Å²) in [6.07, 6.45) is 0.687. The number of benzene rings is 1. The Balaban J connectivity index is 1.79. The summed E-state index contributed by atoms with van der Waals surface area (Å²) in [4.78, 5) is 52.7. The van der Waals surface area contributed by atoms with Gasteiger partial charge in [0.25, 0.3) is 5.91 Å². The summed E-state index contributed by atoms with van der Waals surface area (Å²) in [5.74, 6) is -1.05. The Morgan fingerprint density at radius 2 is 1.85 bits per heavy atom. The molecule has 0 spiro atoms. The highest BCUT2D eigenvalue weighted by molar-refractivity contribution is 7.17. The number of hydrogen-bond acceptors (Lipinski definition) is 7. The molecule has 1 aromatic carbocycles. The molecule has 4 amide bonds. The number of carbonyl (C=O) groups is 4. The fourth-order valence-corrected chi connectivity index (χ4v) is 4.85. The van der Waals surface area contributed by atoms with E-state index < -0.39 is 35.9 Å². The van der Waals surface area contributed by atoms with Gasteiger partial charge in [0, 0.05) is 4.88 Å². The number of amides is 4. The maximum atomic E-state index is 13.1. The second kappa shape index (κ2) is 9.62. The quantitative estimate of drug-likeness (QED) is 0.450. The molecular formula is C23H27N3O6S. The normalized spacial score (nSPS) is 17.7. The summed E-state index contributed by atoms with van der Waals surface area (Å²) in [5.41, 5.74) is 0.301. The number of ether oxygens (including phenoxy) is 2. The molecule has 33 heavy (non-hydrogen) atoms. The molecule has 1 aromatic heterocycles. The summed E-state index contributed by atoms with van der Waals surface area (Å²) >= 11 is 1.28. The van der Waals surface area contributed by atoms with Gasteiger partial charge in [0.15, 0.2) is 0 Å². The lowest BCUT2D eigenvalue weighted by molar-refractivity contribution is -0.133. The SMILES string of the molecule is CCOC(=O)c1c(NC(=O)CN2C(=O)NC(C)(c3ccc(OC)cc3)C2=O)sc(CC)c1C. The average Bonchev–Trinajstić information content (AvgIpc) is 3.22. The molecule has 0 radical (unpaired) electrons. The number of nitrogens with zero attached hydrogens (tertiary/aromatic N) is 1. The van der Waals surface area contributed by atoms with E-state index in [2.05, 4.69) is 10.6 Å². The topological polar surface area (TPSA) is 114 Å². The first-order valence-corrected chi connectivity index (χ1v) is 11.4. The highest BCUT2D eigenvalue weighted by atomic mass is 32.1. The molecule has 10 heteroatoms. The van der Waals surface area contributed by atoms with E-state index in [0.29, 0.717) is 28.3 Å². The van der Waals surface area contributed by atoms with Crippen LogP contribution in [0.3, 0.4) is 0 Å². The predicted octanol–water partition coefficient (Wildman–Crippen LogP) is 3.21. The Morgan fingerprint density at radius 1 is 1.18 bits per heavy atom. The van der Waals surface area contributed by atoms with Gasteiger partial charge in [0.1, 0.15) is 22.8 Å². The minimum atomic E-state index is -1.31. The van der Waals surface area contributed by atoms with Gasteiger partial charge in [-0.25, -0.2) is 9.59 Å². The number of aryl methyl sites for hydroxylation is 1. The zero-order valence-corrected chi connectivity index (χ0v) is 20.1. The summed E-state index contributed by atoms with van der Waals surface area (Å²) in [6, 6.07) is 6.09. The fourth-order valence-electron chi connectivity index (χ4n) is 3.71. The van der Waals surface area contributed by atoms with Crippen molar-refractivity contribution in [3.63, 3.8) is 0 Å². The van der Waals surface area contributed by atoms with Crippen molar-refractivity contribution < 1.29 is 28.7 Å². The van der Waals surface area contributed by atoms with E-state index in [4.69, 9.17) is 9.47 Å². The summed E-state index contributed by atoms with van der Waals surface area (Å²) in [5, 5.41) is 5.70. The second-order valence-electron chi connectivity index (χ2n) is 7.65. The molecule has 1 aliphatic rings. The molecule has 3 rings (SSSR count). The first kappa shape index (κ1) is 24.2. The molecule has 0 bridgehead atoms. The number of rotatable bonds is 8. The highest BCUT2D eigenvalue weighted by Crippen LogP contribution is 2.34. The molecule has 1 fully saturated rings. The van der Waals surface area contributed by atoms with Crippen molar-refractivity contribution in [3.8, 4) is 5.75 Å². The van der Waals surface area contributed by atoms with Gasteiger partial charge >= 0.3 is 12.0 Å². The van der Waals surface area contributed by atoms with Gasteiger partial charge in [0.05, 0.1) is 19.3 Å². The Labute approximate surface area is 196 Å². The van der Waals surface area contributed by atoms with E-state index in [1.807, 2.05) is 6.92 Å². The van der Waals surface area contributed by atoms with Gasteiger partial charge in [-0.3, -0.25) is 14.5 Å². The van der Waals surface area contributed by atoms with E-state index in [1.165, 1.54) is 18.4 Å². The van der Waals surface area contributed by atoms with E-state index >= 15 is 0 Å². The van der Waals surface area contributed by atoms with E-state index in [-0.39, 0.29) is 6.61 Å². The highest BCUT2D eigenvalue weighted by Gasteiger charge is 2.49. The molecule has 9 nitrogen and oxygen atoms in total. The minimum absolute atomic E-state index is 0.204. The van der Waals surface area contributed by atoms with E-state index in [9.17, 15) is 19.2 Å². The third kappa shape index (κ3) is 4.56. The zero-order chi connectivity index (χ0) is 24.3. The number of imide groups is 1. The molecule has 1 unspecified atom stereocenters. The van der Waals surface area contributed by atoms with Gasteiger partial charge in [0.2, 0.25) is 5.91 Å². The van der Waals surface area contributed by atoms with Crippen LogP contribution in [-0.4, -0.2) is 49.0 Å². The number of anilines is 1. The summed E-state index contributed by atoms with van der Waals surface area (Å²) < 4.78 is 10.3. The van der Waals surface area contributed by atoms with Crippen molar-refractivity contribution in [1.82, 2.24) is 10.2 Å². The van der Waals surface area contributed by atoms with E-state index in [1.54, 1.807) is 45.0 Å². The molecule has 176 valence electrons. The van der Waals surface area contributed by atoms with Gasteiger partial charge in [-0.2, -0.15) is 0 Å². The Bertz CT molecular complexity index is 1090. The van der Waals surface area contributed by atoms with Crippen LogP contribution in [-0.2, 0) is 26.3 Å². The molecule has 1 atom stereocenters. The number of hydrogen-bond donors (Lipinski definition) is 2. The summed E-state index contributed by atoms with van der Waals surface area (Å²) in [6.45, 7) is 6.76. The average molecular weight is 474 g/mol. The van der Waals surface area contributed by atoms with Crippen LogP contribution in [0, 0.1) is 6.92 Å². The molecule has 0 aliphatic carbocycles. The van der Waals surface area contributed by atoms with Crippen molar-refractivity contribution in [2.75, 3.05) is 25.6 Å². The number of esters is 1. The first-order chi connectivity index (χ1) is 15.7. The number of thiophene rings is 1. The van der Waals surface area contributed by atoms with Gasteiger partial charge in [-0.15, -0.1) is 11.3 Å². The lowest BCUT2D eigenvalue weighted by Gasteiger charge is -2.22. The van der Waals surface area contributed by atoms with Gasteiger partial charge < -0.3 is 20.1 Å². The van der Waals surface area contributed by atoms with Crippen molar-refractivity contribution in [3.05, 3.63) is 45.8 Å². The molecule has 2 aromatic rings. The molecule has 0 saturated carbocycles. The van der Waals surface area contributed by atoms with Crippen molar-refractivity contribution >= 4 is 40.2 Å². The van der Waals surface area contributed by atoms with Crippen LogP contribution in [0.1, 0.15) is 47.1 Å². The van der Waals surface area contributed by atoms with Crippen LogP contribution in [0.4, 0.5) is 9.80 Å². The molecular weight excluding hydrogens is 446 g/mol. The predicted molar refractivity (Wildman–Crippen MR) is 124 cm³/mol. The first-order valence-electron chi connectivity index (χ1n) is 10.5. The molecule has 2 heterocycles. The van der Waals surface area contributed by atoms with Crippen LogP contribution in [0.25, 0.3) is 0 Å².